The lowest BCUT2D eigenvalue weighted by Gasteiger charge is -2.32. The van der Waals surface area contributed by atoms with E-state index in [2.05, 4.69) is 69.1 Å². The van der Waals surface area contributed by atoms with Gasteiger partial charge in [0.05, 0.1) is 17.6 Å². The molecule has 0 saturated carbocycles. The number of fused-ring (bicyclic) bond motifs is 2. The van der Waals surface area contributed by atoms with Crippen LogP contribution in [0.15, 0.2) is 72.9 Å². The summed E-state index contributed by atoms with van der Waals surface area (Å²) in [7, 11) is 0. The van der Waals surface area contributed by atoms with E-state index in [0.717, 1.165) is 55.8 Å². The smallest absolute Gasteiger partial charge is 0.121 e. The summed E-state index contributed by atoms with van der Waals surface area (Å²) in [5.41, 5.74) is 6.21. The highest BCUT2D eigenvalue weighted by atomic mass is 79.9. The summed E-state index contributed by atoms with van der Waals surface area (Å²) in [6.07, 6.45) is 7.82. The van der Waals surface area contributed by atoms with Gasteiger partial charge in [-0.2, -0.15) is 0 Å². The molecule has 0 radical (unpaired) electrons. The zero-order valence-corrected chi connectivity index (χ0v) is 21.3. The Morgan fingerprint density at radius 3 is 2.71 bits per heavy atom. The fourth-order valence-corrected chi connectivity index (χ4v) is 5.07. The Morgan fingerprint density at radius 1 is 0.971 bits per heavy atom. The number of para-hydroxylation sites is 2. The lowest BCUT2D eigenvalue weighted by molar-refractivity contribution is 0.356. The maximum Gasteiger partial charge on any atom is 0.121 e. The molecule has 2 aromatic heterocycles. The molecule has 3 N–H and O–H groups in total. The largest absolute Gasteiger partial charge is 0.341 e. The molecule has 0 saturated heterocycles. The van der Waals surface area contributed by atoms with Crippen LogP contribution in [0.5, 0.6) is 0 Å². The van der Waals surface area contributed by atoms with Gasteiger partial charge in [-0.25, -0.2) is 4.98 Å². The zero-order chi connectivity index (χ0) is 22.3. The summed E-state index contributed by atoms with van der Waals surface area (Å²) in [4.78, 5) is 12.9. The molecular weight excluding hydrogens is 486 g/mol. The standard InChI is InChI=1S/C28H33N5.BrH/c1-2-9-21(10-3-1)19-31-24(23-13-6-11-22-12-7-18-30-28(22)23)16-8-17-29-20-27-32-25-14-4-5-15-26(25)33-27;/h1-5,7,9-10,12,14-15,18,23-24,29,31H,6,8,11,13,16-17,19-20H2,(H,32,33);1H. The van der Waals surface area contributed by atoms with Crippen LogP contribution in [0, 0.1) is 0 Å². The van der Waals surface area contributed by atoms with Crippen molar-refractivity contribution in [1.82, 2.24) is 25.6 Å². The van der Waals surface area contributed by atoms with E-state index in [1.807, 2.05) is 24.4 Å². The Kier molecular flexibility index (Phi) is 8.85. The van der Waals surface area contributed by atoms with E-state index in [0.29, 0.717) is 12.0 Å². The lowest BCUT2D eigenvalue weighted by atomic mass is 9.80. The van der Waals surface area contributed by atoms with Crippen LogP contribution in [0.2, 0.25) is 0 Å². The minimum Gasteiger partial charge on any atom is -0.341 e. The van der Waals surface area contributed by atoms with Gasteiger partial charge in [0.1, 0.15) is 5.82 Å². The number of halogens is 1. The number of nitrogens with one attached hydrogen (secondary N) is 3. The quantitative estimate of drug-likeness (QED) is 0.235. The van der Waals surface area contributed by atoms with Crippen molar-refractivity contribution < 1.29 is 0 Å². The van der Waals surface area contributed by atoms with Crippen LogP contribution in [0.1, 0.15) is 54.2 Å². The third-order valence-corrected chi connectivity index (χ3v) is 6.74. The van der Waals surface area contributed by atoms with E-state index >= 15 is 0 Å². The average Bonchev–Trinajstić information content (AvgIpc) is 3.29. The van der Waals surface area contributed by atoms with Gasteiger partial charge in [0.2, 0.25) is 0 Å². The van der Waals surface area contributed by atoms with Gasteiger partial charge in [-0.1, -0.05) is 48.5 Å². The molecular formula is C28H34BrN5. The molecule has 2 aromatic carbocycles. The molecule has 0 fully saturated rings. The van der Waals surface area contributed by atoms with E-state index in [1.54, 1.807) is 0 Å². The van der Waals surface area contributed by atoms with Gasteiger partial charge in [-0.05, 0) is 68.0 Å². The number of H-pyrrole nitrogens is 1. The molecule has 0 amide bonds. The van der Waals surface area contributed by atoms with Gasteiger partial charge in [-0.15, -0.1) is 17.0 Å². The van der Waals surface area contributed by atoms with Crippen molar-refractivity contribution in [3.8, 4) is 0 Å². The van der Waals surface area contributed by atoms with Crippen molar-refractivity contribution in [2.24, 2.45) is 0 Å². The van der Waals surface area contributed by atoms with Crippen molar-refractivity contribution in [3.05, 3.63) is 95.6 Å². The Balaban J connectivity index is 0.00000274. The number of rotatable bonds is 10. The number of pyridine rings is 1. The van der Waals surface area contributed by atoms with Gasteiger partial charge in [-0.3, -0.25) is 4.98 Å². The minimum absolute atomic E-state index is 0. The molecule has 6 heteroatoms. The van der Waals surface area contributed by atoms with E-state index in [9.17, 15) is 0 Å². The number of imidazole rings is 1. The van der Waals surface area contributed by atoms with Crippen LogP contribution in [-0.4, -0.2) is 27.5 Å². The first-order valence-corrected chi connectivity index (χ1v) is 12.2. The van der Waals surface area contributed by atoms with Crippen LogP contribution in [0.3, 0.4) is 0 Å². The van der Waals surface area contributed by atoms with Gasteiger partial charge < -0.3 is 15.6 Å². The molecule has 0 bridgehead atoms. The second-order valence-electron chi connectivity index (χ2n) is 9.04. The average molecular weight is 521 g/mol. The van der Waals surface area contributed by atoms with Crippen LogP contribution >= 0.6 is 17.0 Å². The number of benzene rings is 2. The highest BCUT2D eigenvalue weighted by molar-refractivity contribution is 8.93. The Hall–Kier alpha value is -2.54. The van der Waals surface area contributed by atoms with Crippen molar-refractivity contribution in [3.63, 3.8) is 0 Å². The van der Waals surface area contributed by atoms with E-state index < -0.39 is 0 Å². The van der Waals surface area contributed by atoms with Gasteiger partial charge in [0, 0.05) is 30.4 Å². The summed E-state index contributed by atoms with van der Waals surface area (Å²) in [6.45, 7) is 2.64. The summed E-state index contributed by atoms with van der Waals surface area (Å²) in [5, 5.41) is 7.46. The van der Waals surface area contributed by atoms with Crippen LogP contribution in [-0.2, 0) is 19.5 Å². The minimum atomic E-state index is 0. The first-order chi connectivity index (χ1) is 16.4. The predicted molar refractivity (Wildman–Crippen MR) is 144 cm³/mol. The van der Waals surface area contributed by atoms with E-state index in [4.69, 9.17) is 4.98 Å². The molecule has 4 aromatic rings. The van der Waals surface area contributed by atoms with Crippen molar-refractivity contribution in [2.45, 2.75) is 57.2 Å². The number of aromatic amines is 1. The lowest BCUT2D eigenvalue weighted by Crippen LogP contribution is -2.37. The zero-order valence-electron chi connectivity index (χ0n) is 19.5. The van der Waals surface area contributed by atoms with Crippen molar-refractivity contribution in [2.75, 3.05) is 6.54 Å². The molecule has 2 unspecified atom stereocenters. The molecule has 5 nitrogen and oxygen atoms in total. The molecule has 5 rings (SSSR count). The molecule has 2 atom stereocenters. The highest BCUT2D eigenvalue weighted by Crippen LogP contribution is 2.34. The fourth-order valence-electron chi connectivity index (χ4n) is 5.07. The fraction of sp³-hybridized carbons (Fsp3) is 0.357. The molecule has 1 aliphatic carbocycles. The molecule has 0 aliphatic heterocycles. The van der Waals surface area contributed by atoms with Gasteiger partial charge in [0.15, 0.2) is 0 Å². The van der Waals surface area contributed by atoms with Crippen molar-refractivity contribution in [1.29, 1.82) is 0 Å². The van der Waals surface area contributed by atoms with Crippen LogP contribution < -0.4 is 10.6 Å². The maximum atomic E-state index is 4.81. The second kappa shape index (κ2) is 12.2. The van der Waals surface area contributed by atoms with Crippen molar-refractivity contribution >= 4 is 28.0 Å². The summed E-state index contributed by atoms with van der Waals surface area (Å²) in [6, 6.07) is 23.7. The third-order valence-electron chi connectivity index (χ3n) is 6.74. The maximum absolute atomic E-state index is 4.81. The molecule has 1 aliphatic rings. The Morgan fingerprint density at radius 2 is 1.82 bits per heavy atom. The predicted octanol–water partition coefficient (Wildman–Crippen LogP) is 5.68. The summed E-state index contributed by atoms with van der Waals surface area (Å²) >= 11 is 0. The highest BCUT2D eigenvalue weighted by Gasteiger charge is 2.28. The number of hydrogen-bond acceptors (Lipinski definition) is 4. The molecule has 2 heterocycles. The summed E-state index contributed by atoms with van der Waals surface area (Å²) in [5.74, 6) is 1.48. The number of aromatic nitrogens is 3. The number of hydrogen-bond donors (Lipinski definition) is 3. The molecule has 0 spiro atoms. The first kappa shape index (κ1) is 24.6. The SMILES string of the molecule is Br.c1ccc(CNC(CCCNCc2nc3ccccc3[nH]2)C2CCCc3cccnc32)cc1. The van der Waals surface area contributed by atoms with E-state index in [1.165, 1.54) is 29.7 Å². The topological polar surface area (TPSA) is 65.6 Å². The first-order valence-electron chi connectivity index (χ1n) is 12.2. The number of nitrogens with zero attached hydrogens (tertiary/aromatic N) is 2. The third kappa shape index (κ3) is 6.12. The normalized spacial score (nSPS) is 16.1. The summed E-state index contributed by atoms with van der Waals surface area (Å²) < 4.78 is 0. The van der Waals surface area contributed by atoms with Crippen LogP contribution in [0.4, 0.5) is 0 Å². The second-order valence-corrected chi connectivity index (χ2v) is 9.04. The van der Waals surface area contributed by atoms with Crippen LogP contribution in [0.25, 0.3) is 11.0 Å². The Labute approximate surface area is 212 Å². The van der Waals surface area contributed by atoms with Gasteiger partial charge in [0.25, 0.3) is 0 Å². The van der Waals surface area contributed by atoms with Gasteiger partial charge >= 0.3 is 0 Å². The molecule has 178 valence electrons. The molecule has 34 heavy (non-hydrogen) atoms. The Bertz CT molecular complexity index is 1130. The number of aryl methyl sites for hydroxylation is 1. The monoisotopic (exact) mass is 519 g/mol. The van der Waals surface area contributed by atoms with E-state index in [-0.39, 0.29) is 17.0 Å².